The van der Waals surface area contributed by atoms with Crippen LogP contribution in [0.2, 0.25) is 5.02 Å². The summed E-state index contributed by atoms with van der Waals surface area (Å²) >= 11 is 5.84. The number of nitrogens with one attached hydrogen (secondary N) is 2. The molecule has 0 saturated carbocycles. The van der Waals surface area contributed by atoms with Gasteiger partial charge in [0.25, 0.3) is 0 Å². The van der Waals surface area contributed by atoms with Crippen LogP contribution in [0.3, 0.4) is 0 Å². The van der Waals surface area contributed by atoms with Crippen molar-refractivity contribution in [3.63, 3.8) is 0 Å². The summed E-state index contributed by atoms with van der Waals surface area (Å²) in [5.41, 5.74) is 0.645. The van der Waals surface area contributed by atoms with E-state index in [1.807, 2.05) is 6.92 Å². The van der Waals surface area contributed by atoms with Crippen LogP contribution in [0.4, 0.5) is 5.69 Å². The van der Waals surface area contributed by atoms with E-state index in [1.165, 1.54) is 0 Å². The smallest absolute Gasteiger partial charge is 0.238 e. The molecule has 1 rings (SSSR count). The molecular weight excluding hydrogens is 278 g/mol. The Labute approximate surface area is 124 Å². The molecule has 20 heavy (non-hydrogen) atoms. The first-order valence-corrected chi connectivity index (χ1v) is 6.89. The lowest BCUT2D eigenvalue weighted by Crippen LogP contribution is -2.39. The van der Waals surface area contributed by atoms with E-state index in [4.69, 9.17) is 11.6 Å². The van der Waals surface area contributed by atoms with Gasteiger partial charge in [-0.3, -0.25) is 14.5 Å². The van der Waals surface area contributed by atoms with Gasteiger partial charge >= 0.3 is 0 Å². The van der Waals surface area contributed by atoms with E-state index in [9.17, 15) is 9.59 Å². The molecule has 0 bridgehead atoms. The molecule has 2 amide bonds. The van der Waals surface area contributed by atoms with Crippen molar-refractivity contribution in [3.05, 3.63) is 29.3 Å². The minimum atomic E-state index is -0.182. The Bertz CT molecular complexity index is 465. The van der Waals surface area contributed by atoms with Gasteiger partial charge in [0.2, 0.25) is 11.8 Å². The SMILES string of the molecule is CCCNC(=O)CN(C)CC(=O)Nc1cccc(Cl)c1. The standard InChI is InChI=1S/C14H20ClN3O2/c1-3-7-16-13(19)9-18(2)10-14(20)17-12-6-4-5-11(15)8-12/h4-6,8H,3,7,9-10H2,1-2H3,(H,16,19)(H,17,20). The third kappa shape index (κ3) is 6.54. The molecule has 0 aliphatic carbocycles. The maximum atomic E-state index is 11.8. The number of rotatable bonds is 7. The molecule has 0 atom stereocenters. The molecule has 0 radical (unpaired) electrons. The van der Waals surface area contributed by atoms with Gasteiger partial charge in [-0.15, -0.1) is 0 Å². The number of likely N-dealkylation sites (N-methyl/N-ethyl adjacent to an activating group) is 1. The van der Waals surface area contributed by atoms with Gasteiger partial charge in [-0.1, -0.05) is 24.6 Å². The van der Waals surface area contributed by atoms with Crippen LogP contribution in [-0.4, -0.2) is 43.4 Å². The predicted molar refractivity (Wildman–Crippen MR) is 80.9 cm³/mol. The molecule has 0 saturated heterocycles. The number of halogens is 1. The van der Waals surface area contributed by atoms with Crippen LogP contribution in [0.25, 0.3) is 0 Å². The van der Waals surface area contributed by atoms with E-state index < -0.39 is 0 Å². The molecule has 1 aromatic carbocycles. The van der Waals surface area contributed by atoms with Crippen LogP contribution >= 0.6 is 11.6 Å². The highest BCUT2D eigenvalue weighted by Gasteiger charge is 2.10. The molecule has 0 heterocycles. The Morgan fingerprint density at radius 2 is 1.95 bits per heavy atom. The summed E-state index contributed by atoms with van der Waals surface area (Å²) < 4.78 is 0. The van der Waals surface area contributed by atoms with E-state index in [-0.39, 0.29) is 24.9 Å². The summed E-state index contributed by atoms with van der Waals surface area (Å²) in [4.78, 5) is 25.0. The zero-order valence-electron chi connectivity index (χ0n) is 11.8. The molecule has 0 spiro atoms. The van der Waals surface area contributed by atoms with Gasteiger partial charge in [-0.25, -0.2) is 0 Å². The Morgan fingerprint density at radius 1 is 1.25 bits per heavy atom. The fraction of sp³-hybridized carbons (Fsp3) is 0.429. The van der Waals surface area contributed by atoms with E-state index in [2.05, 4.69) is 10.6 Å². The number of carbonyl (C=O) groups is 2. The van der Waals surface area contributed by atoms with E-state index >= 15 is 0 Å². The van der Waals surface area contributed by atoms with E-state index in [0.717, 1.165) is 6.42 Å². The summed E-state index contributed by atoms with van der Waals surface area (Å²) in [6.45, 7) is 2.98. The van der Waals surface area contributed by atoms with E-state index in [0.29, 0.717) is 17.3 Å². The van der Waals surface area contributed by atoms with Gasteiger partial charge in [0, 0.05) is 17.3 Å². The highest BCUT2D eigenvalue weighted by molar-refractivity contribution is 6.30. The summed E-state index contributed by atoms with van der Waals surface area (Å²) in [7, 11) is 1.73. The summed E-state index contributed by atoms with van der Waals surface area (Å²) in [5, 5.41) is 6.06. The van der Waals surface area contributed by atoms with Gasteiger partial charge in [-0.05, 0) is 31.7 Å². The van der Waals surface area contributed by atoms with Crippen molar-refractivity contribution in [2.75, 3.05) is 32.0 Å². The van der Waals surface area contributed by atoms with Crippen molar-refractivity contribution in [1.82, 2.24) is 10.2 Å². The number of amides is 2. The molecule has 0 unspecified atom stereocenters. The number of nitrogens with zero attached hydrogens (tertiary/aromatic N) is 1. The van der Waals surface area contributed by atoms with Gasteiger partial charge in [0.15, 0.2) is 0 Å². The molecule has 0 aromatic heterocycles. The molecular formula is C14H20ClN3O2. The van der Waals surface area contributed by atoms with E-state index in [1.54, 1.807) is 36.2 Å². The second-order valence-corrected chi connectivity index (χ2v) is 5.02. The monoisotopic (exact) mass is 297 g/mol. The maximum absolute atomic E-state index is 11.8. The Morgan fingerprint density at radius 3 is 2.60 bits per heavy atom. The fourth-order valence-corrected chi connectivity index (χ4v) is 1.82. The molecule has 2 N–H and O–H groups in total. The molecule has 1 aromatic rings. The quantitative estimate of drug-likeness (QED) is 0.806. The second-order valence-electron chi connectivity index (χ2n) is 4.58. The minimum absolute atomic E-state index is 0.0788. The first-order chi connectivity index (χ1) is 9.51. The predicted octanol–water partition coefficient (Wildman–Crippen LogP) is 1.74. The lowest BCUT2D eigenvalue weighted by molar-refractivity contribution is -0.122. The normalized spacial score (nSPS) is 10.4. The van der Waals surface area contributed by atoms with Crippen LogP contribution < -0.4 is 10.6 Å². The minimum Gasteiger partial charge on any atom is -0.355 e. The number of benzene rings is 1. The van der Waals surface area contributed by atoms with Gasteiger partial charge in [0.05, 0.1) is 13.1 Å². The average Bonchev–Trinajstić information content (AvgIpc) is 2.35. The lowest BCUT2D eigenvalue weighted by Gasteiger charge is -2.15. The first-order valence-electron chi connectivity index (χ1n) is 6.52. The second kappa shape index (κ2) is 8.55. The van der Waals surface area contributed by atoms with Gasteiger partial charge < -0.3 is 10.6 Å². The molecule has 5 nitrogen and oxygen atoms in total. The van der Waals surface area contributed by atoms with Crippen molar-refractivity contribution in [2.45, 2.75) is 13.3 Å². The number of anilines is 1. The average molecular weight is 298 g/mol. The van der Waals surface area contributed by atoms with Crippen molar-refractivity contribution >= 4 is 29.1 Å². The van der Waals surface area contributed by atoms with Crippen molar-refractivity contribution in [1.29, 1.82) is 0 Å². The zero-order valence-corrected chi connectivity index (χ0v) is 12.5. The lowest BCUT2D eigenvalue weighted by atomic mass is 10.3. The number of hydrogen-bond acceptors (Lipinski definition) is 3. The Kier molecular flexibility index (Phi) is 7.04. The Balaban J connectivity index is 2.36. The van der Waals surface area contributed by atoms with Crippen molar-refractivity contribution in [3.8, 4) is 0 Å². The third-order valence-electron chi connectivity index (χ3n) is 2.51. The van der Waals surface area contributed by atoms with Crippen LogP contribution in [0.5, 0.6) is 0 Å². The number of carbonyl (C=O) groups excluding carboxylic acids is 2. The maximum Gasteiger partial charge on any atom is 0.238 e. The van der Waals surface area contributed by atoms with Gasteiger partial charge in [0.1, 0.15) is 0 Å². The van der Waals surface area contributed by atoms with Crippen LogP contribution in [0, 0.1) is 0 Å². The topological polar surface area (TPSA) is 61.4 Å². The largest absolute Gasteiger partial charge is 0.355 e. The first kappa shape index (κ1) is 16.5. The van der Waals surface area contributed by atoms with Gasteiger partial charge in [-0.2, -0.15) is 0 Å². The number of hydrogen-bond donors (Lipinski definition) is 2. The summed E-state index contributed by atoms with van der Waals surface area (Å²) in [6, 6.07) is 6.94. The van der Waals surface area contributed by atoms with Crippen LogP contribution in [0.15, 0.2) is 24.3 Å². The zero-order chi connectivity index (χ0) is 15.0. The fourth-order valence-electron chi connectivity index (χ4n) is 1.63. The summed E-state index contributed by atoms with van der Waals surface area (Å²) in [5.74, 6) is -0.261. The highest BCUT2D eigenvalue weighted by atomic mass is 35.5. The third-order valence-corrected chi connectivity index (χ3v) is 2.74. The Hall–Kier alpha value is -1.59. The van der Waals surface area contributed by atoms with Crippen molar-refractivity contribution in [2.24, 2.45) is 0 Å². The summed E-state index contributed by atoms with van der Waals surface area (Å²) in [6.07, 6.45) is 0.894. The van der Waals surface area contributed by atoms with Crippen LogP contribution in [0.1, 0.15) is 13.3 Å². The molecule has 0 fully saturated rings. The highest BCUT2D eigenvalue weighted by Crippen LogP contribution is 2.14. The molecule has 0 aliphatic rings. The van der Waals surface area contributed by atoms with Crippen molar-refractivity contribution < 1.29 is 9.59 Å². The molecule has 0 aliphatic heterocycles. The molecule has 6 heteroatoms. The molecule has 110 valence electrons. The van der Waals surface area contributed by atoms with Crippen LogP contribution in [-0.2, 0) is 9.59 Å².